The van der Waals surface area contributed by atoms with Gasteiger partial charge in [-0.3, -0.25) is 4.98 Å². The fraction of sp³-hybridized carbons (Fsp3) is 0.571. The Morgan fingerprint density at radius 2 is 2.28 bits per heavy atom. The summed E-state index contributed by atoms with van der Waals surface area (Å²) in [5, 5.41) is 9.01. The van der Waals surface area contributed by atoms with Gasteiger partial charge in [-0.05, 0) is 18.4 Å². The Balaban J connectivity index is 2.59. The van der Waals surface area contributed by atoms with Gasteiger partial charge in [-0.25, -0.2) is 4.79 Å². The Kier molecular flexibility index (Phi) is 6.19. The van der Waals surface area contributed by atoms with E-state index in [0.29, 0.717) is 18.3 Å². The van der Waals surface area contributed by atoms with Crippen molar-refractivity contribution < 1.29 is 14.6 Å². The highest BCUT2D eigenvalue weighted by Crippen LogP contribution is 2.19. The first-order valence-electron chi connectivity index (χ1n) is 6.49. The van der Waals surface area contributed by atoms with E-state index in [1.807, 2.05) is 0 Å². The predicted molar refractivity (Wildman–Crippen MR) is 70.0 cm³/mol. The fourth-order valence-corrected chi connectivity index (χ4v) is 1.77. The van der Waals surface area contributed by atoms with Gasteiger partial charge in [0.15, 0.2) is 0 Å². The van der Waals surface area contributed by atoms with Crippen LogP contribution in [0, 0.1) is 5.92 Å². The molecule has 1 unspecified atom stereocenters. The minimum absolute atomic E-state index is 0.128. The molecule has 0 spiro atoms. The summed E-state index contributed by atoms with van der Waals surface area (Å²) >= 11 is 0. The van der Waals surface area contributed by atoms with Crippen molar-refractivity contribution >= 4 is 5.97 Å². The molecule has 4 nitrogen and oxygen atoms in total. The van der Waals surface area contributed by atoms with Crippen molar-refractivity contribution in [3.8, 4) is 5.75 Å². The van der Waals surface area contributed by atoms with Gasteiger partial charge in [-0.15, -0.1) is 0 Å². The smallest absolute Gasteiger partial charge is 0.341 e. The molecular weight excluding hydrogens is 230 g/mol. The normalized spacial score (nSPS) is 12.1. The zero-order valence-electron chi connectivity index (χ0n) is 11.1. The second-order valence-corrected chi connectivity index (χ2v) is 4.40. The van der Waals surface area contributed by atoms with Crippen LogP contribution in [-0.2, 0) is 0 Å². The first-order valence-corrected chi connectivity index (χ1v) is 6.49. The summed E-state index contributed by atoms with van der Waals surface area (Å²) in [7, 11) is 0. The standard InChI is InChI=1S/C14H21NO3/c1-3-5-6-11(4-2)10-18-13-7-8-15-9-12(13)14(16)17/h7-9,11H,3-6,10H2,1-2H3,(H,16,17). The Morgan fingerprint density at radius 3 is 2.89 bits per heavy atom. The van der Waals surface area contributed by atoms with Gasteiger partial charge in [0.1, 0.15) is 11.3 Å². The highest BCUT2D eigenvalue weighted by Gasteiger charge is 2.13. The molecule has 0 aliphatic rings. The number of carboxylic acids is 1. The predicted octanol–water partition coefficient (Wildman–Crippen LogP) is 3.38. The Bertz CT molecular complexity index is 379. The highest BCUT2D eigenvalue weighted by molar-refractivity contribution is 5.90. The summed E-state index contributed by atoms with van der Waals surface area (Å²) in [6.45, 7) is 4.87. The molecule has 0 radical (unpaired) electrons. The molecule has 1 N–H and O–H groups in total. The molecule has 0 bridgehead atoms. The first kappa shape index (κ1) is 14.5. The van der Waals surface area contributed by atoms with Crippen molar-refractivity contribution in [1.82, 2.24) is 4.98 Å². The van der Waals surface area contributed by atoms with E-state index in [2.05, 4.69) is 18.8 Å². The summed E-state index contributed by atoms with van der Waals surface area (Å²) in [4.78, 5) is 14.8. The topological polar surface area (TPSA) is 59.4 Å². The minimum Gasteiger partial charge on any atom is -0.492 e. The van der Waals surface area contributed by atoms with Crippen molar-refractivity contribution in [2.24, 2.45) is 5.92 Å². The van der Waals surface area contributed by atoms with Crippen LogP contribution in [0.15, 0.2) is 18.5 Å². The van der Waals surface area contributed by atoms with Crippen molar-refractivity contribution in [3.63, 3.8) is 0 Å². The molecule has 0 fully saturated rings. The average molecular weight is 251 g/mol. The van der Waals surface area contributed by atoms with Gasteiger partial charge in [0.05, 0.1) is 6.61 Å². The molecule has 0 aliphatic carbocycles. The molecule has 100 valence electrons. The van der Waals surface area contributed by atoms with Crippen molar-refractivity contribution in [1.29, 1.82) is 0 Å². The number of hydrogen-bond acceptors (Lipinski definition) is 3. The SMILES string of the molecule is CCCCC(CC)COc1ccncc1C(=O)O. The van der Waals surface area contributed by atoms with Crippen molar-refractivity contribution in [2.45, 2.75) is 39.5 Å². The Labute approximate surface area is 108 Å². The second-order valence-electron chi connectivity index (χ2n) is 4.40. The van der Waals surface area contributed by atoms with E-state index in [1.54, 1.807) is 12.3 Å². The summed E-state index contributed by atoms with van der Waals surface area (Å²) in [5.41, 5.74) is 0.128. The number of rotatable bonds is 8. The molecule has 0 amide bonds. The van der Waals surface area contributed by atoms with Gasteiger partial charge >= 0.3 is 5.97 Å². The van der Waals surface area contributed by atoms with E-state index < -0.39 is 5.97 Å². The number of pyridine rings is 1. The third-order valence-electron chi connectivity index (χ3n) is 3.03. The molecule has 1 aromatic heterocycles. The molecule has 0 saturated heterocycles. The summed E-state index contributed by atoms with van der Waals surface area (Å²) < 4.78 is 5.63. The van der Waals surface area contributed by atoms with Crippen LogP contribution in [0.4, 0.5) is 0 Å². The molecule has 0 aromatic carbocycles. The first-order chi connectivity index (χ1) is 8.69. The fourth-order valence-electron chi connectivity index (χ4n) is 1.77. The monoisotopic (exact) mass is 251 g/mol. The summed E-state index contributed by atoms with van der Waals surface area (Å²) in [5.74, 6) is -0.105. The maximum absolute atomic E-state index is 11.0. The largest absolute Gasteiger partial charge is 0.492 e. The zero-order valence-corrected chi connectivity index (χ0v) is 11.1. The van der Waals surface area contributed by atoms with Gasteiger partial charge in [0, 0.05) is 12.4 Å². The summed E-state index contributed by atoms with van der Waals surface area (Å²) in [6.07, 6.45) is 7.41. The van der Waals surface area contributed by atoms with Crippen LogP contribution in [0.3, 0.4) is 0 Å². The number of aromatic nitrogens is 1. The minimum atomic E-state index is -1.00. The molecule has 0 saturated carbocycles. The van der Waals surface area contributed by atoms with Crippen LogP contribution >= 0.6 is 0 Å². The van der Waals surface area contributed by atoms with Gasteiger partial charge in [-0.2, -0.15) is 0 Å². The maximum Gasteiger partial charge on any atom is 0.341 e. The van der Waals surface area contributed by atoms with E-state index in [-0.39, 0.29) is 5.56 Å². The van der Waals surface area contributed by atoms with Gasteiger partial charge < -0.3 is 9.84 Å². The number of carboxylic acid groups (broad SMARTS) is 1. The van der Waals surface area contributed by atoms with Crippen LogP contribution in [0.25, 0.3) is 0 Å². The molecule has 0 aliphatic heterocycles. The third kappa shape index (κ3) is 4.35. The van der Waals surface area contributed by atoms with Crippen LogP contribution in [-0.4, -0.2) is 22.7 Å². The van der Waals surface area contributed by atoms with E-state index in [0.717, 1.165) is 12.8 Å². The number of nitrogens with zero attached hydrogens (tertiary/aromatic N) is 1. The molecule has 1 atom stereocenters. The lowest BCUT2D eigenvalue weighted by Crippen LogP contribution is -2.13. The highest BCUT2D eigenvalue weighted by atomic mass is 16.5. The lowest BCUT2D eigenvalue weighted by molar-refractivity contribution is 0.0690. The van der Waals surface area contributed by atoms with Gasteiger partial charge in [0.25, 0.3) is 0 Å². The average Bonchev–Trinajstić information content (AvgIpc) is 2.39. The number of ether oxygens (including phenoxy) is 1. The van der Waals surface area contributed by atoms with E-state index in [9.17, 15) is 4.79 Å². The Morgan fingerprint density at radius 1 is 1.50 bits per heavy atom. The molecule has 1 rings (SSSR count). The number of carbonyl (C=O) groups is 1. The lowest BCUT2D eigenvalue weighted by atomic mass is 10.0. The number of unbranched alkanes of at least 4 members (excludes halogenated alkanes) is 1. The molecular formula is C14H21NO3. The van der Waals surface area contributed by atoms with E-state index >= 15 is 0 Å². The van der Waals surface area contributed by atoms with E-state index in [4.69, 9.17) is 9.84 Å². The molecule has 1 heterocycles. The van der Waals surface area contributed by atoms with Crippen LogP contribution in [0.5, 0.6) is 5.75 Å². The van der Waals surface area contributed by atoms with Crippen molar-refractivity contribution in [2.75, 3.05) is 6.61 Å². The van der Waals surface area contributed by atoms with Crippen LogP contribution < -0.4 is 4.74 Å². The van der Waals surface area contributed by atoms with Crippen LogP contribution in [0.1, 0.15) is 49.9 Å². The van der Waals surface area contributed by atoms with Crippen LogP contribution in [0.2, 0.25) is 0 Å². The number of hydrogen-bond donors (Lipinski definition) is 1. The summed E-state index contributed by atoms with van der Waals surface area (Å²) in [6, 6.07) is 1.61. The van der Waals surface area contributed by atoms with Crippen molar-refractivity contribution in [3.05, 3.63) is 24.0 Å². The molecule has 18 heavy (non-hydrogen) atoms. The van der Waals surface area contributed by atoms with Gasteiger partial charge in [0.2, 0.25) is 0 Å². The molecule has 1 aromatic rings. The third-order valence-corrected chi connectivity index (χ3v) is 3.03. The quantitative estimate of drug-likeness (QED) is 0.769. The number of aromatic carboxylic acids is 1. The zero-order chi connectivity index (χ0) is 13.4. The van der Waals surface area contributed by atoms with Gasteiger partial charge in [-0.1, -0.05) is 33.1 Å². The maximum atomic E-state index is 11.0. The second kappa shape index (κ2) is 7.69. The Hall–Kier alpha value is -1.58. The lowest BCUT2D eigenvalue weighted by Gasteiger charge is -2.16. The molecule has 4 heteroatoms. The van der Waals surface area contributed by atoms with E-state index in [1.165, 1.54) is 19.0 Å².